The zero-order chi connectivity index (χ0) is 10.2. The van der Waals surface area contributed by atoms with Crippen LogP contribution < -0.4 is 10.1 Å². The van der Waals surface area contributed by atoms with Gasteiger partial charge in [0.15, 0.2) is 0 Å². The number of amides is 1. The van der Waals surface area contributed by atoms with Crippen molar-refractivity contribution in [1.82, 2.24) is 5.32 Å². The fourth-order valence-electron chi connectivity index (χ4n) is 0.923. The van der Waals surface area contributed by atoms with Crippen molar-refractivity contribution in [2.45, 2.75) is 0 Å². The number of rotatable bonds is 5. The van der Waals surface area contributed by atoms with E-state index >= 15 is 0 Å². The van der Waals surface area contributed by atoms with Gasteiger partial charge in [0.1, 0.15) is 12.4 Å². The first-order chi connectivity index (χ1) is 6.83. The number of carbonyl (C=O) groups excluding carboxylic acids is 1. The minimum Gasteiger partial charge on any atom is -0.492 e. The molecule has 0 saturated heterocycles. The van der Waals surface area contributed by atoms with Gasteiger partial charge < -0.3 is 10.1 Å². The lowest BCUT2D eigenvalue weighted by molar-refractivity contribution is -0.118. The summed E-state index contributed by atoms with van der Waals surface area (Å²) >= 11 is 2.02. The molecule has 0 unspecified atom stereocenters. The SMILES string of the molecule is O=C(CI)NCCOc1ccccc1. The number of hydrogen-bond donors (Lipinski definition) is 1. The molecule has 0 bridgehead atoms. The number of halogens is 1. The molecule has 1 rings (SSSR count). The van der Waals surface area contributed by atoms with Crippen LogP contribution >= 0.6 is 22.6 Å². The zero-order valence-corrected chi connectivity index (χ0v) is 9.86. The molecule has 1 amide bonds. The number of para-hydroxylation sites is 1. The molecular weight excluding hydrogens is 293 g/mol. The minimum atomic E-state index is 0.0438. The second-order valence-corrected chi connectivity index (χ2v) is 3.41. The maximum absolute atomic E-state index is 10.8. The van der Waals surface area contributed by atoms with E-state index in [2.05, 4.69) is 5.32 Å². The molecule has 0 heterocycles. The Bertz CT molecular complexity index is 277. The van der Waals surface area contributed by atoms with Gasteiger partial charge >= 0.3 is 0 Å². The van der Waals surface area contributed by atoms with Gasteiger partial charge in [-0.25, -0.2) is 0 Å². The first-order valence-corrected chi connectivity index (χ1v) is 5.86. The van der Waals surface area contributed by atoms with Gasteiger partial charge in [0.25, 0.3) is 0 Å². The highest BCUT2D eigenvalue weighted by molar-refractivity contribution is 14.1. The fourth-order valence-corrected chi connectivity index (χ4v) is 1.19. The van der Waals surface area contributed by atoms with Crippen LogP contribution in [0.15, 0.2) is 30.3 Å². The lowest BCUT2D eigenvalue weighted by Crippen LogP contribution is -2.28. The standard InChI is InChI=1S/C10H12INO2/c11-8-10(13)12-6-7-14-9-4-2-1-3-5-9/h1-5H,6-8H2,(H,12,13). The van der Waals surface area contributed by atoms with Crippen molar-refractivity contribution in [3.8, 4) is 5.75 Å². The quantitative estimate of drug-likeness (QED) is 0.510. The normalized spacial score (nSPS) is 9.50. The summed E-state index contributed by atoms with van der Waals surface area (Å²) in [5.41, 5.74) is 0. The summed E-state index contributed by atoms with van der Waals surface area (Å²) in [5, 5.41) is 2.73. The summed E-state index contributed by atoms with van der Waals surface area (Å²) in [4.78, 5) is 10.8. The van der Waals surface area contributed by atoms with Crippen molar-refractivity contribution in [2.75, 3.05) is 17.6 Å². The monoisotopic (exact) mass is 305 g/mol. The van der Waals surface area contributed by atoms with Crippen LogP contribution in [0.2, 0.25) is 0 Å². The van der Waals surface area contributed by atoms with E-state index in [9.17, 15) is 4.79 Å². The first kappa shape index (κ1) is 11.3. The van der Waals surface area contributed by atoms with E-state index in [-0.39, 0.29) is 5.91 Å². The van der Waals surface area contributed by atoms with Crippen molar-refractivity contribution >= 4 is 28.5 Å². The fraction of sp³-hybridized carbons (Fsp3) is 0.300. The third kappa shape index (κ3) is 4.45. The van der Waals surface area contributed by atoms with Crippen LogP contribution in [-0.4, -0.2) is 23.5 Å². The van der Waals surface area contributed by atoms with Gasteiger partial charge in [-0.15, -0.1) is 0 Å². The van der Waals surface area contributed by atoms with E-state index in [4.69, 9.17) is 4.74 Å². The molecule has 76 valence electrons. The van der Waals surface area contributed by atoms with E-state index in [0.29, 0.717) is 17.6 Å². The van der Waals surface area contributed by atoms with Gasteiger partial charge in [0.05, 0.1) is 11.0 Å². The Hall–Kier alpha value is -0.780. The molecule has 0 spiro atoms. The smallest absolute Gasteiger partial charge is 0.229 e. The van der Waals surface area contributed by atoms with Crippen molar-refractivity contribution in [3.63, 3.8) is 0 Å². The molecule has 0 aliphatic carbocycles. The van der Waals surface area contributed by atoms with E-state index in [1.165, 1.54) is 0 Å². The average Bonchev–Trinajstić information content (AvgIpc) is 2.25. The lowest BCUT2D eigenvalue weighted by Gasteiger charge is -2.06. The van der Waals surface area contributed by atoms with Gasteiger partial charge in [-0.3, -0.25) is 4.79 Å². The molecule has 0 aliphatic rings. The molecule has 0 fully saturated rings. The third-order valence-corrected chi connectivity index (χ3v) is 2.25. The number of carbonyl (C=O) groups is 1. The number of hydrogen-bond acceptors (Lipinski definition) is 2. The Morgan fingerprint density at radius 2 is 2.07 bits per heavy atom. The number of benzene rings is 1. The van der Waals surface area contributed by atoms with Gasteiger partial charge in [0, 0.05) is 0 Å². The molecule has 1 N–H and O–H groups in total. The Morgan fingerprint density at radius 1 is 1.36 bits per heavy atom. The zero-order valence-electron chi connectivity index (χ0n) is 7.70. The molecular formula is C10H12INO2. The van der Waals surface area contributed by atoms with Gasteiger partial charge in [-0.2, -0.15) is 0 Å². The van der Waals surface area contributed by atoms with Crippen molar-refractivity contribution in [1.29, 1.82) is 0 Å². The van der Waals surface area contributed by atoms with Crippen molar-refractivity contribution in [2.24, 2.45) is 0 Å². The van der Waals surface area contributed by atoms with E-state index in [0.717, 1.165) is 5.75 Å². The van der Waals surface area contributed by atoms with Crippen LogP contribution in [0, 0.1) is 0 Å². The summed E-state index contributed by atoms with van der Waals surface area (Å²) in [6.07, 6.45) is 0. The molecule has 0 aliphatic heterocycles. The van der Waals surface area contributed by atoms with Crippen molar-refractivity contribution < 1.29 is 9.53 Å². The Labute approximate surface area is 97.0 Å². The molecule has 0 atom stereocenters. The summed E-state index contributed by atoms with van der Waals surface area (Å²) in [5.74, 6) is 0.874. The van der Waals surface area contributed by atoms with Gasteiger partial charge in [-0.1, -0.05) is 40.8 Å². The van der Waals surface area contributed by atoms with E-state index in [1.54, 1.807) is 0 Å². The highest BCUT2D eigenvalue weighted by Crippen LogP contribution is 2.07. The predicted molar refractivity (Wildman–Crippen MR) is 63.8 cm³/mol. The second kappa shape index (κ2) is 6.64. The molecule has 4 heteroatoms. The maximum atomic E-state index is 10.8. The van der Waals surface area contributed by atoms with Crippen LogP contribution in [0.5, 0.6) is 5.75 Å². The van der Waals surface area contributed by atoms with E-state index in [1.807, 2.05) is 52.9 Å². The molecule has 0 aromatic heterocycles. The average molecular weight is 305 g/mol. The highest BCUT2D eigenvalue weighted by Gasteiger charge is 1.96. The molecule has 0 radical (unpaired) electrons. The summed E-state index contributed by atoms with van der Waals surface area (Å²) in [7, 11) is 0. The summed E-state index contributed by atoms with van der Waals surface area (Å²) in [6, 6.07) is 9.54. The Balaban J connectivity index is 2.13. The number of alkyl halides is 1. The third-order valence-electron chi connectivity index (χ3n) is 1.56. The maximum Gasteiger partial charge on any atom is 0.229 e. The highest BCUT2D eigenvalue weighted by atomic mass is 127. The van der Waals surface area contributed by atoms with Gasteiger partial charge in [0.2, 0.25) is 5.91 Å². The van der Waals surface area contributed by atoms with Crippen LogP contribution in [0.4, 0.5) is 0 Å². The molecule has 3 nitrogen and oxygen atoms in total. The van der Waals surface area contributed by atoms with Crippen LogP contribution in [0.3, 0.4) is 0 Å². The van der Waals surface area contributed by atoms with Gasteiger partial charge in [-0.05, 0) is 12.1 Å². The summed E-state index contributed by atoms with van der Waals surface area (Å²) < 4.78 is 5.87. The molecule has 1 aromatic carbocycles. The number of nitrogens with one attached hydrogen (secondary N) is 1. The first-order valence-electron chi connectivity index (χ1n) is 4.33. The lowest BCUT2D eigenvalue weighted by atomic mass is 10.3. The molecule has 1 aromatic rings. The summed E-state index contributed by atoms with van der Waals surface area (Å²) in [6.45, 7) is 1.06. The number of ether oxygens (including phenoxy) is 1. The van der Waals surface area contributed by atoms with Crippen LogP contribution in [-0.2, 0) is 4.79 Å². The topological polar surface area (TPSA) is 38.3 Å². The van der Waals surface area contributed by atoms with E-state index < -0.39 is 0 Å². The Morgan fingerprint density at radius 3 is 2.71 bits per heavy atom. The molecule has 14 heavy (non-hydrogen) atoms. The van der Waals surface area contributed by atoms with Crippen molar-refractivity contribution in [3.05, 3.63) is 30.3 Å². The predicted octanol–water partition coefficient (Wildman–Crippen LogP) is 1.62. The minimum absolute atomic E-state index is 0.0438. The second-order valence-electron chi connectivity index (χ2n) is 2.65. The van der Waals surface area contributed by atoms with Crippen LogP contribution in [0.1, 0.15) is 0 Å². The largest absolute Gasteiger partial charge is 0.492 e. The van der Waals surface area contributed by atoms with Crippen LogP contribution in [0.25, 0.3) is 0 Å². The Kier molecular flexibility index (Phi) is 5.36. The molecule has 0 saturated carbocycles.